The number of halogens is 3. The van der Waals surface area contributed by atoms with Crippen molar-refractivity contribution >= 4 is 23.6 Å². The van der Waals surface area contributed by atoms with Gasteiger partial charge in [0.1, 0.15) is 6.54 Å². The minimum atomic E-state index is -4.47. The van der Waals surface area contributed by atoms with E-state index in [0.29, 0.717) is 16.7 Å². The molecule has 0 aliphatic carbocycles. The molecule has 0 saturated heterocycles. The van der Waals surface area contributed by atoms with Crippen molar-refractivity contribution in [2.45, 2.75) is 17.9 Å². The second-order valence-electron chi connectivity index (χ2n) is 6.40. The summed E-state index contributed by atoms with van der Waals surface area (Å²) in [5.41, 5.74) is 1.11. The molecule has 0 radical (unpaired) electrons. The van der Waals surface area contributed by atoms with Crippen molar-refractivity contribution in [3.8, 4) is 11.4 Å². The molecule has 0 saturated carbocycles. The van der Waals surface area contributed by atoms with Gasteiger partial charge in [-0.3, -0.25) is 24.0 Å². The number of fused-ring (bicyclic) bond motifs is 1. The molecule has 7 nitrogen and oxygen atoms in total. The lowest BCUT2D eigenvalue weighted by atomic mass is 10.1. The van der Waals surface area contributed by atoms with E-state index < -0.39 is 24.5 Å². The number of hydrogen-bond acceptors (Lipinski definition) is 6. The fourth-order valence-corrected chi connectivity index (χ4v) is 3.96. The number of hydrogen-bond donors (Lipinski definition) is 0. The maximum Gasteiger partial charge on any atom is 0.406 e. The first-order valence-electron chi connectivity index (χ1n) is 8.83. The predicted molar refractivity (Wildman–Crippen MR) is 102 cm³/mol. The van der Waals surface area contributed by atoms with E-state index in [2.05, 4.69) is 15.2 Å². The Morgan fingerprint density at radius 1 is 0.933 bits per heavy atom. The number of thioether (sulfide) groups is 1. The molecule has 1 aromatic carbocycles. The minimum absolute atomic E-state index is 0.0421. The smallest absolute Gasteiger partial charge is 0.293 e. The van der Waals surface area contributed by atoms with Crippen LogP contribution in [-0.2, 0) is 6.54 Å². The number of alkyl halides is 3. The van der Waals surface area contributed by atoms with Crippen molar-refractivity contribution in [2.24, 2.45) is 0 Å². The van der Waals surface area contributed by atoms with Gasteiger partial charge in [-0.2, -0.15) is 13.2 Å². The molecule has 0 N–H and O–H groups in total. The maximum absolute atomic E-state index is 13.1. The van der Waals surface area contributed by atoms with Crippen LogP contribution in [0.15, 0.2) is 53.9 Å². The molecule has 3 aromatic rings. The van der Waals surface area contributed by atoms with Gasteiger partial charge in [-0.1, -0.05) is 23.9 Å². The summed E-state index contributed by atoms with van der Waals surface area (Å²) >= 11 is 1.00. The quantitative estimate of drug-likeness (QED) is 0.438. The van der Waals surface area contributed by atoms with Crippen LogP contribution in [0.1, 0.15) is 20.7 Å². The lowest BCUT2D eigenvalue weighted by Crippen LogP contribution is -2.32. The molecule has 154 valence electrons. The average molecular weight is 433 g/mol. The standard InChI is InChI=1S/C19H14F3N5O2S/c20-19(21,22)11-27-15(12-5-7-23-8-6-12)24-25-18(27)30-10-9-26-16(28)13-3-1-2-4-14(13)17(26)29/h1-8H,9-11H2. The zero-order valence-electron chi connectivity index (χ0n) is 15.3. The molecule has 0 fully saturated rings. The van der Waals surface area contributed by atoms with Gasteiger partial charge < -0.3 is 0 Å². The molecule has 0 spiro atoms. The van der Waals surface area contributed by atoms with Crippen LogP contribution in [0.25, 0.3) is 11.4 Å². The Kier molecular flexibility index (Phi) is 5.29. The van der Waals surface area contributed by atoms with Gasteiger partial charge in [0.15, 0.2) is 11.0 Å². The molecule has 0 atom stereocenters. The highest BCUT2D eigenvalue weighted by Gasteiger charge is 2.35. The number of aromatic nitrogens is 4. The zero-order valence-corrected chi connectivity index (χ0v) is 16.2. The fourth-order valence-electron chi connectivity index (χ4n) is 3.10. The molecular formula is C19H14F3N5O2S. The molecule has 1 aliphatic rings. The fraction of sp³-hybridized carbons (Fsp3) is 0.211. The van der Waals surface area contributed by atoms with E-state index in [1.165, 1.54) is 12.4 Å². The molecule has 2 aromatic heterocycles. The van der Waals surface area contributed by atoms with Crippen LogP contribution < -0.4 is 0 Å². The third-order valence-electron chi connectivity index (χ3n) is 4.42. The van der Waals surface area contributed by atoms with Crippen molar-refractivity contribution in [1.29, 1.82) is 0 Å². The van der Waals surface area contributed by atoms with Gasteiger partial charge in [-0.25, -0.2) is 0 Å². The van der Waals surface area contributed by atoms with E-state index in [9.17, 15) is 22.8 Å². The number of benzene rings is 1. The zero-order chi connectivity index (χ0) is 21.3. The van der Waals surface area contributed by atoms with Crippen molar-refractivity contribution in [2.75, 3.05) is 12.3 Å². The van der Waals surface area contributed by atoms with Crippen molar-refractivity contribution in [3.05, 3.63) is 59.9 Å². The Morgan fingerprint density at radius 2 is 1.57 bits per heavy atom. The van der Waals surface area contributed by atoms with E-state index in [-0.39, 0.29) is 23.3 Å². The third kappa shape index (κ3) is 3.92. The SMILES string of the molecule is O=C1c2ccccc2C(=O)N1CCSc1nnc(-c2ccncc2)n1CC(F)(F)F. The number of imide groups is 1. The highest BCUT2D eigenvalue weighted by Crippen LogP contribution is 2.29. The monoisotopic (exact) mass is 433 g/mol. The average Bonchev–Trinajstić information content (AvgIpc) is 3.21. The normalized spacial score (nSPS) is 13.8. The molecule has 30 heavy (non-hydrogen) atoms. The second-order valence-corrected chi connectivity index (χ2v) is 7.46. The first-order valence-corrected chi connectivity index (χ1v) is 9.82. The number of amides is 2. The number of nitrogens with zero attached hydrogens (tertiary/aromatic N) is 5. The van der Waals surface area contributed by atoms with Gasteiger partial charge in [-0.15, -0.1) is 10.2 Å². The van der Waals surface area contributed by atoms with Crippen molar-refractivity contribution < 1.29 is 22.8 Å². The van der Waals surface area contributed by atoms with E-state index in [1.54, 1.807) is 36.4 Å². The first-order chi connectivity index (χ1) is 14.3. The molecule has 0 unspecified atom stereocenters. The Hall–Kier alpha value is -3.21. The third-order valence-corrected chi connectivity index (χ3v) is 5.36. The predicted octanol–water partition coefficient (Wildman–Crippen LogP) is 3.29. The molecule has 4 rings (SSSR count). The van der Waals surface area contributed by atoms with Crippen LogP contribution in [0.3, 0.4) is 0 Å². The summed E-state index contributed by atoms with van der Waals surface area (Å²) in [5.74, 6) is -0.577. The number of carbonyl (C=O) groups is 2. The Morgan fingerprint density at radius 3 is 2.17 bits per heavy atom. The summed E-state index contributed by atoms with van der Waals surface area (Å²) in [6.45, 7) is -1.21. The lowest BCUT2D eigenvalue weighted by molar-refractivity contribution is -0.141. The number of rotatable bonds is 6. The van der Waals surface area contributed by atoms with Crippen LogP contribution in [0.5, 0.6) is 0 Å². The molecule has 0 bridgehead atoms. The molecular weight excluding hydrogens is 419 g/mol. The summed E-state index contributed by atoms with van der Waals surface area (Å²) in [5, 5.41) is 7.84. The van der Waals surface area contributed by atoms with E-state index in [4.69, 9.17) is 0 Å². The van der Waals surface area contributed by atoms with Crippen LogP contribution in [0, 0.1) is 0 Å². The summed E-state index contributed by atoms with van der Waals surface area (Å²) < 4.78 is 40.3. The summed E-state index contributed by atoms with van der Waals surface area (Å²) in [6.07, 6.45) is -1.56. The molecule has 11 heteroatoms. The highest BCUT2D eigenvalue weighted by atomic mass is 32.2. The van der Waals surface area contributed by atoms with Gasteiger partial charge in [0, 0.05) is 30.3 Å². The Labute approximate surface area is 172 Å². The number of carbonyl (C=O) groups excluding carboxylic acids is 2. The van der Waals surface area contributed by atoms with Gasteiger partial charge >= 0.3 is 6.18 Å². The van der Waals surface area contributed by atoms with Crippen molar-refractivity contribution in [3.63, 3.8) is 0 Å². The Balaban J connectivity index is 1.51. The number of pyridine rings is 1. The van der Waals surface area contributed by atoms with Gasteiger partial charge in [0.25, 0.3) is 11.8 Å². The lowest BCUT2D eigenvalue weighted by Gasteiger charge is -2.15. The maximum atomic E-state index is 13.1. The second kappa shape index (κ2) is 7.90. The molecule has 2 amide bonds. The van der Waals surface area contributed by atoms with Crippen molar-refractivity contribution in [1.82, 2.24) is 24.6 Å². The van der Waals surface area contributed by atoms with E-state index in [0.717, 1.165) is 21.2 Å². The van der Waals surface area contributed by atoms with Gasteiger partial charge in [0.2, 0.25) is 0 Å². The van der Waals surface area contributed by atoms with Crippen LogP contribution in [0.4, 0.5) is 13.2 Å². The van der Waals surface area contributed by atoms with Gasteiger partial charge in [0.05, 0.1) is 11.1 Å². The highest BCUT2D eigenvalue weighted by molar-refractivity contribution is 7.99. The van der Waals surface area contributed by atoms with E-state index >= 15 is 0 Å². The van der Waals surface area contributed by atoms with Gasteiger partial charge in [-0.05, 0) is 24.3 Å². The van der Waals surface area contributed by atoms with Crippen LogP contribution in [-0.4, -0.2) is 54.9 Å². The summed E-state index contributed by atoms with van der Waals surface area (Å²) in [6, 6.07) is 9.58. The van der Waals surface area contributed by atoms with Crippen LogP contribution >= 0.6 is 11.8 Å². The summed E-state index contributed by atoms with van der Waals surface area (Å²) in [7, 11) is 0. The largest absolute Gasteiger partial charge is 0.406 e. The van der Waals surface area contributed by atoms with E-state index in [1.807, 2.05) is 0 Å². The molecule has 1 aliphatic heterocycles. The Bertz CT molecular complexity index is 1070. The first kappa shape index (κ1) is 20.1. The minimum Gasteiger partial charge on any atom is -0.293 e. The van der Waals surface area contributed by atoms with Crippen LogP contribution in [0.2, 0.25) is 0 Å². The molecule has 3 heterocycles. The topological polar surface area (TPSA) is 81.0 Å². The summed E-state index contributed by atoms with van der Waals surface area (Å²) in [4.78, 5) is 29.7.